The quantitative estimate of drug-likeness (QED) is 0.655. The maximum atomic E-state index is 5.03. The summed E-state index contributed by atoms with van der Waals surface area (Å²) < 4.78 is 6.98. The molecule has 12 heavy (non-hydrogen) atoms. The predicted octanol–water partition coefficient (Wildman–Crippen LogP) is 2.05. The average molecular weight is 160 g/mol. The van der Waals surface area contributed by atoms with E-state index in [0.29, 0.717) is 6.73 Å². The van der Waals surface area contributed by atoms with Gasteiger partial charge in [0, 0.05) is 12.5 Å². The minimum absolute atomic E-state index is 0.563. The van der Waals surface area contributed by atoms with Crippen LogP contribution in [0.2, 0.25) is 0 Å². The number of benzene rings is 1. The third kappa shape index (κ3) is 1.10. The molecule has 0 bridgehead atoms. The Morgan fingerprint density at radius 3 is 3.08 bits per heavy atom. The molecule has 0 aliphatic rings. The molecule has 1 aromatic heterocycles. The number of aromatic nitrogens is 1. The Labute approximate surface area is 71.4 Å². The van der Waals surface area contributed by atoms with E-state index in [1.807, 2.05) is 22.8 Å². The van der Waals surface area contributed by atoms with Crippen LogP contribution in [0.4, 0.5) is 0 Å². The van der Waals surface area contributed by atoms with E-state index in [1.165, 1.54) is 10.9 Å². The molecule has 2 nitrogen and oxygen atoms in total. The molecule has 1 aromatic carbocycles. The fourth-order valence-electron chi connectivity index (χ4n) is 1.31. The van der Waals surface area contributed by atoms with Crippen LogP contribution in [0.15, 0.2) is 30.3 Å². The van der Waals surface area contributed by atoms with Gasteiger partial charge < -0.3 is 9.30 Å². The molecule has 61 valence electrons. The molecular formula is C10H10NO. The Hall–Kier alpha value is -1.28. The summed E-state index contributed by atoms with van der Waals surface area (Å²) in [7, 11) is 1.68. The average Bonchev–Trinajstić information content (AvgIpc) is 2.50. The van der Waals surface area contributed by atoms with Gasteiger partial charge in [0.05, 0.1) is 11.7 Å². The molecule has 2 aromatic rings. The number of hydrogen-bond acceptors (Lipinski definition) is 1. The van der Waals surface area contributed by atoms with Crippen molar-refractivity contribution in [2.24, 2.45) is 0 Å². The highest BCUT2D eigenvalue weighted by atomic mass is 16.5. The number of rotatable bonds is 2. The fraction of sp³-hybridized carbons (Fsp3) is 0.200. The van der Waals surface area contributed by atoms with Crippen LogP contribution in [0.25, 0.3) is 10.9 Å². The van der Waals surface area contributed by atoms with Crippen molar-refractivity contribution in [2.45, 2.75) is 6.73 Å². The van der Waals surface area contributed by atoms with Crippen molar-refractivity contribution >= 4 is 10.9 Å². The normalized spacial score (nSPS) is 10.8. The first-order valence-electron chi connectivity index (χ1n) is 3.87. The van der Waals surface area contributed by atoms with E-state index < -0.39 is 0 Å². The van der Waals surface area contributed by atoms with E-state index in [-0.39, 0.29) is 0 Å². The molecule has 2 heteroatoms. The summed E-state index contributed by atoms with van der Waals surface area (Å²) >= 11 is 0. The third-order valence-electron chi connectivity index (χ3n) is 1.86. The van der Waals surface area contributed by atoms with Gasteiger partial charge in [-0.15, -0.1) is 0 Å². The zero-order valence-electron chi connectivity index (χ0n) is 6.95. The molecule has 0 aliphatic carbocycles. The van der Waals surface area contributed by atoms with Gasteiger partial charge in [-0.25, -0.2) is 0 Å². The van der Waals surface area contributed by atoms with E-state index >= 15 is 0 Å². The largest absolute Gasteiger partial charge is 0.364 e. The number of nitrogens with zero attached hydrogens (tertiary/aromatic N) is 1. The number of methoxy groups -OCH3 is 1. The molecule has 2 rings (SSSR count). The van der Waals surface area contributed by atoms with Gasteiger partial charge in [-0.05, 0) is 12.1 Å². The van der Waals surface area contributed by atoms with Gasteiger partial charge in [-0.2, -0.15) is 0 Å². The van der Waals surface area contributed by atoms with Gasteiger partial charge >= 0.3 is 0 Å². The summed E-state index contributed by atoms with van der Waals surface area (Å²) in [5.41, 5.74) is 1.17. The third-order valence-corrected chi connectivity index (χ3v) is 1.86. The second kappa shape index (κ2) is 2.99. The molecule has 1 heterocycles. The second-order valence-corrected chi connectivity index (χ2v) is 2.68. The van der Waals surface area contributed by atoms with E-state index in [4.69, 9.17) is 4.74 Å². The molecule has 1 radical (unpaired) electrons. The molecular weight excluding hydrogens is 150 g/mol. The van der Waals surface area contributed by atoms with Crippen LogP contribution in [-0.4, -0.2) is 11.7 Å². The van der Waals surface area contributed by atoms with E-state index in [0.717, 1.165) is 0 Å². The first kappa shape index (κ1) is 7.37. The van der Waals surface area contributed by atoms with Crippen LogP contribution in [0.1, 0.15) is 0 Å². The van der Waals surface area contributed by atoms with E-state index in [9.17, 15) is 0 Å². The van der Waals surface area contributed by atoms with Crippen molar-refractivity contribution in [3.8, 4) is 0 Å². The monoisotopic (exact) mass is 160 g/mol. The zero-order valence-corrected chi connectivity index (χ0v) is 6.95. The molecule has 0 fully saturated rings. The second-order valence-electron chi connectivity index (χ2n) is 2.68. The van der Waals surface area contributed by atoms with Crippen LogP contribution in [0.5, 0.6) is 0 Å². The molecule has 0 saturated carbocycles. The van der Waals surface area contributed by atoms with Gasteiger partial charge in [-0.1, -0.05) is 18.2 Å². The number of fused-ring (bicyclic) bond motifs is 1. The Bertz CT molecular complexity index is 378. The molecule has 0 saturated heterocycles. The van der Waals surface area contributed by atoms with Gasteiger partial charge in [0.2, 0.25) is 0 Å². The van der Waals surface area contributed by atoms with Crippen molar-refractivity contribution < 1.29 is 4.74 Å². The topological polar surface area (TPSA) is 14.2 Å². The first-order valence-corrected chi connectivity index (χ1v) is 3.87. The maximum Gasteiger partial charge on any atom is 0.123 e. The molecule has 0 unspecified atom stereocenters. The Balaban J connectivity index is 2.55. The highest BCUT2D eigenvalue weighted by molar-refractivity contribution is 5.79. The lowest BCUT2D eigenvalue weighted by Crippen LogP contribution is -1.97. The van der Waals surface area contributed by atoms with E-state index in [2.05, 4.69) is 18.3 Å². The Morgan fingerprint density at radius 2 is 2.25 bits per heavy atom. The van der Waals surface area contributed by atoms with Crippen molar-refractivity contribution in [3.63, 3.8) is 0 Å². The summed E-state index contributed by atoms with van der Waals surface area (Å²) in [6, 6.07) is 10.1. The molecule has 0 N–H and O–H groups in total. The maximum absolute atomic E-state index is 5.03. The van der Waals surface area contributed by atoms with Crippen LogP contribution in [0.3, 0.4) is 0 Å². The lowest BCUT2D eigenvalue weighted by molar-refractivity contribution is 0.134. The Morgan fingerprint density at radius 1 is 1.42 bits per heavy atom. The number of para-hydroxylation sites is 1. The molecule has 0 spiro atoms. The van der Waals surface area contributed by atoms with Crippen LogP contribution >= 0.6 is 0 Å². The summed E-state index contributed by atoms with van der Waals surface area (Å²) in [6.45, 7) is 0.563. The lowest BCUT2D eigenvalue weighted by atomic mass is 10.2. The van der Waals surface area contributed by atoms with Gasteiger partial charge in [0.1, 0.15) is 6.73 Å². The lowest BCUT2D eigenvalue weighted by Gasteiger charge is -2.01. The Kier molecular flexibility index (Phi) is 1.84. The SMILES string of the molecule is COCn1[c]cc2ccccc21. The van der Waals surface area contributed by atoms with Crippen LogP contribution < -0.4 is 0 Å². The molecule has 0 aliphatic heterocycles. The van der Waals surface area contributed by atoms with Crippen molar-refractivity contribution in [2.75, 3.05) is 7.11 Å². The van der Waals surface area contributed by atoms with Crippen LogP contribution in [-0.2, 0) is 11.5 Å². The highest BCUT2D eigenvalue weighted by Crippen LogP contribution is 2.13. The highest BCUT2D eigenvalue weighted by Gasteiger charge is 1.97. The smallest absolute Gasteiger partial charge is 0.123 e. The molecule has 0 amide bonds. The summed E-state index contributed by atoms with van der Waals surface area (Å²) in [4.78, 5) is 0. The first-order chi connectivity index (χ1) is 5.92. The number of ether oxygens (including phenoxy) is 1. The van der Waals surface area contributed by atoms with Gasteiger partial charge in [0.15, 0.2) is 0 Å². The van der Waals surface area contributed by atoms with Gasteiger partial charge in [-0.3, -0.25) is 0 Å². The fourth-order valence-corrected chi connectivity index (χ4v) is 1.31. The standard InChI is InChI=1S/C10H10NO/c1-12-8-11-7-6-9-4-2-3-5-10(9)11/h2-6H,8H2,1H3. The number of hydrogen-bond donors (Lipinski definition) is 0. The minimum atomic E-state index is 0.563. The van der Waals surface area contributed by atoms with Crippen molar-refractivity contribution in [1.82, 2.24) is 4.57 Å². The molecule has 0 atom stereocenters. The van der Waals surface area contributed by atoms with Crippen molar-refractivity contribution in [1.29, 1.82) is 0 Å². The van der Waals surface area contributed by atoms with Crippen molar-refractivity contribution in [3.05, 3.63) is 36.5 Å². The van der Waals surface area contributed by atoms with Gasteiger partial charge in [0.25, 0.3) is 0 Å². The predicted molar refractivity (Wildman–Crippen MR) is 47.8 cm³/mol. The zero-order chi connectivity index (χ0) is 8.39. The summed E-state index contributed by atoms with van der Waals surface area (Å²) in [6.07, 6.45) is 3.11. The van der Waals surface area contributed by atoms with E-state index in [1.54, 1.807) is 7.11 Å². The van der Waals surface area contributed by atoms with Crippen LogP contribution in [0, 0.1) is 6.20 Å². The summed E-state index contributed by atoms with van der Waals surface area (Å²) in [5.74, 6) is 0. The summed E-state index contributed by atoms with van der Waals surface area (Å²) in [5, 5.41) is 1.20. The minimum Gasteiger partial charge on any atom is -0.364 e.